The summed E-state index contributed by atoms with van der Waals surface area (Å²) in [4.78, 5) is 28.6. The Balaban J connectivity index is 1.90. The highest BCUT2D eigenvalue weighted by atomic mass is 35.5. The number of halogens is 1. The molecule has 190 valence electrons. The van der Waals surface area contributed by atoms with Gasteiger partial charge in [-0.25, -0.2) is 0 Å². The van der Waals surface area contributed by atoms with Crippen molar-refractivity contribution in [3.63, 3.8) is 0 Å². The highest BCUT2D eigenvalue weighted by Gasteiger charge is 2.31. The Morgan fingerprint density at radius 1 is 0.889 bits per heavy atom. The lowest BCUT2D eigenvalue weighted by Crippen LogP contribution is -2.52. The maximum atomic E-state index is 13.6. The van der Waals surface area contributed by atoms with Gasteiger partial charge in [0.2, 0.25) is 5.91 Å². The summed E-state index contributed by atoms with van der Waals surface area (Å²) < 4.78 is 11.2. The number of para-hydroxylation sites is 2. The van der Waals surface area contributed by atoms with Crippen molar-refractivity contribution in [3.05, 3.63) is 95.0 Å². The van der Waals surface area contributed by atoms with Crippen molar-refractivity contribution in [3.8, 4) is 11.5 Å². The van der Waals surface area contributed by atoms with Crippen LogP contribution in [0.5, 0.6) is 11.5 Å². The third-order valence-corrected chi connectivity index (χ3v) is 5.89. The second kappa shape index (κ2) is 13.5. The van der Waals surface area contributed by atoms with Crippen molar-refractivity contribution in [2.45, 2.75) is 32.9 Å². The normalized spacial score (nSPS) is 11.6. The number of hydrogen-bond donors (Lipinski definition) is 1. The fourth-order valence-electron chi connectivity index (χ4n) is 3.72. The number of ether oxygens (including phenoxy) is 2. The van der Waals surface area contributed by atoms with Crippen molar-refractivity contribution in [2.75, 3.05) is 20.3 Å². The molecule has 0 fully saturated rings. The van der Waals surface area contributed by atoms with E-state index in [4.69, 9.17) is 21.1 Å². The average molecular weight is 509 g/mol. The second-order valence-electron chi connectivity index (χ2n) is 8.93. The number of nitrogens with zero attached hydrogens (tertiary/aromatic N) is 1. The van der Waals surface area contributed by atoms with Crippen LogP contribution >= 0.6 is 11.6 Å². The van der Waals surface area contributed by atoms with Gasteiger partial charge in [0.25, 0.3) is 5.91 Å². The van der Waals surface area contributed by atoms with E-state index < -0.39 is 6.04 Å². The van der Waals surface area contributed by atoms with Gasteiger partial charge in [0.15, 0.2) is 18.1 Å². The molecule has 0 aliphatic rings. The van der Waals surface area contributed by atoms with Crippen LogP contribution in [0.1, 0.15) is 25.0 Å². The molecular weight excluding hydrogens is 476 g/mol. The summed E-state index contributed by atoms with van der Waals surface area (Å²) in [5, 5.41) is 3.61. The number of benzene rings is 3. The number of carbonyl (C=O) groups excluding carboxylic acids is 2. The molecule has 0 aromatic heterocycles. The van der Waals surface area contributed by atoms with Gasteiger partial charge >= 0.3 is 0 Å². The molecule has 1 atom stereocenters. The van der Waals surface area contributed by atoms with Gasteiger partial charge in [-0.05, 0) is 41.3 Å². The van der Waals surface area contributed by atoms with E-state index in [-0.39, 0.29) is 30.9 Å². The van der Waals surface area contributed by atoms with Crippen molar-refractivity contribution < 1.29 is 19.1 Å². The smallest absolute Gasteiger partial charge is 0.261 e. The van der Waals surface area contributed by atoms with E-state index in [0.717, 1.165) is 11.1 Å². The third-order valence-electron chi connectivity index (χ3n) is 5.64. The van der Waals surface area contributed by atoms with Gasteiger partial charge < -0.3 is 19.7 Å². The van der Waals surface area contributed by atoms with Gasteiger partial charge in [-0.1, -0.05) is 80.0 Å². The van der Waals surface area contributed by atoms with E-state index in [1.54, 1.807) is 36.3 Å². The summed E-state index contributed by atoms with van der Waals surface area (Å²) in [6.45, 7) is 4.58. The quantitative estimate of drug-likeness (QED) is 0.368. The molecule has 0 bridgehead atoms. The Hall–Kier alpha value is -3.51. The molecule has 2 amide bonds. The molecule has 3 aromatic rings. The summed E-state index contributed by atoms with van der Waals surface area (Å²) in [6.07, 6.45) is 0.374. The molecule has 36 heavy (non-hydrogen) atoms. The molecule has 3 aromatic carbocycles. The molecule has 6 nitrogen and oxygen atoms in total. The molecule has 0 saturated carbocycles. The molecule has 0 spiro atoms. The highest BCUT2D eigenvalue weighted by molar-refractivity contribution is 6.30. The molecule has 0 radical (unpaired) electrons. The minimum absolute atomic E-state index is 0.202. The summed E-state index contributed by atoms with van der Waals surface area (Å²) in [5.74, 6) is 0.762. The average Bonchev–Trinajstić information content (AvgIpc) is 2.89. The third kappa shape index (κ3) is 8.02. The number of nitrogens with one attached hydrogen (secondary N) is 1. The number of methoxy groups -OCH3 is 1. The molecular formula is C29H33ClN2O4. The van der Waals surface area contributed by atoms with Gasteiger partial charge in [0.1, 0.15) is 6.04 Å². The van der Waals surface area contributed by atoms with Crippen LogP contribution in [-0.4, -0.2) is 43.0 Å². The van der Waals surface area contributed by atoms with Gasteiger partial charge in [0, 0.05) is 24.5 Å². The summed E-state index contributed by atoms with van der Waals surface area (Å²) in [6, 6.07) is 23.4. The Labute approximate surface area is 218 Å². The Morgan fingerprint density at radius 2 is 1.53 bits per heavy atom. The van der Waals surface area contributed by atoms with Gasteiger partial charge in [0.05, 0.1) is 7.11 Å². The molecule has 1 unspecified atom stereocenters. The zero-order valence-corrected chi connectivity index (χ0v) is 21.7. The summed E-state index contributed by atoms with van der Waals surface area (Å²) in [5.41, 5.74) is 1.82. The Bertz CT molecular complexity index is 1120. The zero-order valence-electron chi connectivity index (χ0n) is 20.9. The van der Waals surface area contributed by atoms with Crippen molar-refractivity contribution in [1.82, 2.24) is 10.2 Å². The largest absolute Gasteiger partial charge is 0.493 e. The van der Waals surface area contributed by atoms with Crippen molar-refractivity contribution in [2.24, 2.45) is 5.92 Å². The van der Waals surface area contributed by atoms with Crippen molar-refractivity contribution >= 4 is 23.4 Å². The van der Waals surface area contributed by atoms with Crippen LogP contribution in [-0.2, 0) is 22.6 Å². The fraction of sp³-hybridized carbons (Fsp3) is 0.310. The first kappa shape index (κ1) is 27.1. The van der Waals surface area contributed by atoms with Gasteiger partial charge in [-0.2, -0.15) is 0 Å². The topological polar surface area (TPSA) is 67.9 Å². The Kier molecular flexibility index (Phi) is 10.2. The van der Waals surface area contributed by atoms with Crippen LogP contribution in [0.2, 0.25) is 5.02 Å². The van der Waals surface area contributed by atoms with E-state index in [2.05, 4.69) is 5.32 Å². The first-order valence-electron chi connectivity index (χ1n) is 12.0. The summed E-state index contributed by atoms with van der Waals surface area (Å²) in [7, 11) is 1.55. The van der Waals surface area contributed by atoms with Crippen LogP contribution in [0, 0.1) is 5.92 Å². The Morgan fingerprint density at radius 3 is 2.17 bits per heavy atom. The van der Waals surface area contributed by atoms with Gasteiger partial charge in [-0.3, -0.25) is 9.59 Å². The first-order valence-corrected chi connectivity index (χ1v) is 12.4. The first-order chi connectivity index (χ1) is 17.4. The molecule has 0 saturated heterocycles. The minimum atomic E-state index is -0.726. The van der Waals surface area contributed by atoms with Gasteiger partial charge in [-0.15, -0.1) is 0 Å². The molecule has 3 rings (SSSR count). The van der Waals surface area contributed by atoms with Crippen molar-refractivity contribution in [1.29, 1.82) is 0 Å². The molecule has 7 heteroatoms. The maximum Gasteiger partial charge on any atom is 0.261 e. The predicted octanol–water partition coefficient (Wildman–Crippen LogP) is 5.14. The van der Waals surface area contributed by atoms with E-state index in [0.29, 0.717) is 29.5 Å². The van der Waals surface area contributed by atoms with E-state index in [1.807, 2.05) is 68.4 Å². The lowest BCUT2D eigenvalue weighted by molar-refractivity contribution is -0.142. The molecule has 0 aliphatic heterocycles. The summed E-state index contributed by atoms with van der Waals surface area (Å²) >= 11 is 6.07. The lowest BCUT2D eigenvalue weighted by atomic mass is 10.0. The van der Waals surface area contributed by atoms with E-state index >= 15 is 0 Å². The lowest BCUT2D eigenvalue weighted by Gasteiger charge is -2.31. The number of rotatable bonds is 12. The van der Waals surface area contributed by atoms with Crippen LogP contribution < -0.4 is 14.8 Å². The highest BCUT2D eigenvalue weighted by Crippen LogP contribution is 2.26. The van der Waals surface area contributed by atoms with Crippen LogP contribution in [0.3, 0.4) is 0 Å². The maximum absolute atomic E-state index is 13.6. The molecule has 0 heterocycles. The second-order valence-corrected chi connectivity index (χ2v) is 9.37. The molecule has 1 N–H and O–H groups in total. The van der Waals surface area contributed by atoms with Crippen LogP contribution in [0.4, 0.5) is 0 Å². The fourth-order valence-corrected chi connectivity index (χ4v) is 3.85. The van der Waals surface area contributed by atoms with Crippen LogP contribution in [0.25, 0.3) is 0 Å². The molecule has 0 aliphatic carbocycles. The standard InChI is InChI=1S/C29H33ClN2O4/c1-21(2)18-31-29(34)25(17-22-9-5-4-6-10-22)32(19-23-13-15-24(30)16-14-23)28(33)20-36-27-12-8-7-11-26(27)35-3/h4-16,21,25H,17-20H2,1-3H3,(H,31,34). The number of carbonyl (C=O) groups is 2. The SMILES string of the molecule is COc1ccccc1OCC(=O)N(Cc1ccc(Cl)cc1)C(Cc1ccccc1)C(=O)NCC(C)C. The zero-order chi connectivity index (χ0) is 25.9. The van der Waals surface area contributed by atoms with Crippen LogP contribution in [0.15, 0.2) is 78.9 Å². The van der Waals surface area contributed by atoms with E-state index in [9.17, 15) is 9.59 Å². The monoisotopic (exact) mass is 508 g/mol. The number of amides is 2. The predicted molar refractivity (Wildman–Crippen MR) is 142 cm³/mol. The number of hydrogen-bond acceptors (Lipinski definition) is 4. The minimum Gasteiger partial charge on any atom is -0.493 e. The van der Waals surface area contributed by atoms with E-state index in [1.165, 1.54) is 0 Å².